The number of aromatic nitrogens is 3. The van der Waals surface area contributed by atoms with Crippen LogP contribution < -0.4 is 0 Å². The summed E-state index contributed by atoms with van der Waals surface area (Å²) in [5, 5.41) is 10.2. The average molecular weight is 267 g/mol. The van der Waals surface area contributed by atoms with Gasteiger partial charge in [-0.2, -0.15) is 0 Å². The van der Waals surface area contributed by atoms with Crippen LogP contribution in [0.5, 0.6) is 0 Å². The Hall–Kier alpha value is -2.20. The van der Waals surface area contributed by atoms with Crippen molar-refractivity contribution in [3.8, 4) is 11.4 Å². The third kappa shape index (κ3) is 2.18. The lowest BCUT2D eigenvalue weighted by molar-refractivity contribution is 0.299. The molecule has 0 unspecified atom stereocenters. The van der Waals surface area contributed by atoms with Crippen molar-refractivity contribution in [1.82, 2.24) is 15.0 Å². The maximum absolute atomic E-state index is 9.03. The SMILES string of the molecule is Cc1[nH]cnc1-c1cc(C)c2cc(CCO)ccc2n1. The molecule has 1 aromatic carbocycles. The molecular formula is C16H17N3O. The lowest BCUT2D eigenvalue weighted by Crippen LogP contribution is -1.94. The Balaban J connectivity index is 2.15. The van der Waals surface area contributed by atoms with Crippen LogP contribution in [0.1, 0.15) is 16.8 Å². The number of aromatic amines is 1. The van der Waals surface area contributed by atoms with Crippen LogP contribution in [0.2, 0.25) is 0 Å². The molecule has 4 heteroatoms. The van der Waals surface area contributed by atoms with E-state index in [1.165, 1.54) is 5.56 Å². The van der Waals surface area contributed by atoms with Crippen LogP contribution in [0.4, 0.5) is 0 Å². The molecule has 0 bridgehead atoms. The first-order chi connectivity index (χ1) is 9.69. The maximum atomic E-state index is 9.03. The number of imidazole rings is 1. The number of nitrogens with zero attached hydrogens (tertiary/aromatic N) is 2. The first-order valence-electron chi connectivity index (χ1n) is 6.70. The van der Waals surface area contributed by atoms with Crippen LogP contribution in [0.3, 0.4) is 0 Å². The van der Waals surface area contributed by atoms with Crippen molar-refractivity contribution in [1.29, 1.82) is 0 Å². The molecule has 0 aliphatic heterocycles. The van der Waals surface area contributed by atoms with Crippen LogP contribution in [0, 0.1) is 13.8 Å². The highest BCUT2D eigenvalue weighted by Crippen LogP contribution is 2.25. The molecule has 0 amide bonds. The van der Waals surface area contributed by atoms with Crippen molar-refractivity contribution in [3.63, 3.8) is 0 Å². The van der Waals surface area contributed by atoms with Gasteiger partial charge < -0.3 is 10.1 Å². The second-order valence-electron chi connectivity index (χ2n) is 5.03. The molecule has 0 radical (unpaired) electrons. The summed E-state index contributed by atoms with van der Waals surface area (Å²) in [5.74, 6) is 0. The Bertz CT molecular complexity index is 762. The molecule has 4 nitrogen and oxygen atoms in total. The number of fused-ring (bicyclic) bond motifs is 1. The predicted octanol–water partition coefficient (Wildman–Crippen LogP) is 2.78. The van der Waals surface area contributed by atoms with Crippen molar-refractivity contribution in [2.45, 2.75) is 20.3 Å². The molecule has 0 spiro atoms. The van der Waals surface area contributed by atoms with Crippen LogP contribution >= 0.6 is 0 Å². The lowest BCUT2D eigenvalue weighted by Gasteiger charge is -2.07. The molecule has 3 aromatic rings. The Morgan fingerprint density at radius 3 is 2.75 bits per heavy atom. The number of nitrogens with one attached hydrogen (secondary N) is 1. The summed E-state index contributed by atoms with van der Waals surface area (Å²) in [6, 6.07) is 8.20. The van der Waals surface area contributed by atoms with E-state index in [9.17, 15) is 0 Å². The van der Waals surface area contributed by atoms with Gasteiger partial charge in [-0.1, -0.05) is 6.07 Å². The van der Waals surface area contributed by atoms with Gasteiger partial charge in [-0.3, -0.25) is 0 Å². The third-order valence-electron chi connectivity index (χ3n) is 3.55. The van der Waals surface area contributed by atoms with E-state index < -0.39 is 0 Å². The highest BCUT2D eigenvalue weighted by atomic mass is 16.2. The van der Waals surface area contributed by atoms with Gasteiger partial charge in [-0.25, -0.2) is 9.97 Å². The molecule has 0 aliphatic rings. The number of hydrogen-bond donors (Lipinski definition) is 2. The molecule has 0 aliphatic carbocycles. The van der Waals surface area contributed by atoms with Gasteiger partial charge in [0.2, 0.25) is 0 Å². The molecular weight excluding hydrogens is 250 g/mol. The second kappa shape index (κ2) is 5.06. The zero-order valence-corrected chi connectivity index (χ0v) is 11.6. The van der Waals surface area contributed by atoms with Gasteiger partial charge >= 0.3 is 0 Å². The molecule has 3 rings (SSSR count). The van der Waals surface area contributed by atoms with Gasteiger partial charge in [-0.05, 0) is 49.6 Å². The number of pyridine rings is 1. The number of hydrogen-bond acceptors (Lipinski definition) is 3. The molecule has 0 saturated heterocycles. The number of H-pyrrole nitrogens is 1. The van der Waals surface area contributed by atoms with Crippen molar-refractivity contribution in [2.75, 3.05) is 6.61 Å². The average Bonchev–Trinajstić information content (AvgIpc) is 2.86. The quantitative estimate of drug-likeness (QED) is 0.767. The van der Waals surface area contributed by atoms with Gasteiger partial charge in [-0.15, -0.1) is 0 Å². The van der Waals surface area contributed by atoms with Crippen LogP contribution in [-0.2, 0) is 6.42 Å². The number of aliphatic hydroxyl groups excluding tert-OH is 1. The zero-order valence-electron chi connectivity index (χ0n) is 11.6. The van der Waals surface area contributed by atoms with E-state index in [1.807, 2.05) is 19.1 Å². The van der Waals surface area contributed by atoms with Crippen molar-refractivity contribution < 1.29 is 5.11 Å². The van der Waals surface area contributed by atoms with Crippen molar-refractivity contribution in [3.05, 3.63) is 47.4 Å². The minimum atomic E-state index is 0.169. The van der Waals surface area contributed by atoms with E-state index in [4.69, 9.17) is 10.1 Å². The van der Waals surface area contributed by atoms with Crippen molar-refractivity contribution >= 4 is 10.9 Å². The largest absolute Gasteiger partial charge is 0.396 e. The van der Waals surface area contributed by atoms with Gasteiger partial charge in [0.1, 0.15) is 5.69 Å². The normalized spacial score (nSPS) is 11.2. The molecule has 2 aromatic heterocycles. The monoisotopic (exact) mass is 267 g/mol. The summed E-state index contributed by atoms with van der Waals surface area (Å²) in [6.07, 6.45) is 2.37. The first-order valence-corrected chi connectivity index (χ1v) is 6.70. The van der Waals surface area contributed by atoms with Gasteiger partial charge in [0.05, 0.1) is 17.5 Å². The number of aryl methyl sites for hydroxylation is 2. The van der Waals surface area contributed by atoms with Crippen LogP contribution in [0.15, 0.2) is 30.6 Å². The molecule has 0 fully saturated rings. The molecule has 20 heavy (non-hydrogen) atoms. The number of aliphatic hydroxyl groups is 1. The van der Waals surface area contributed by atoms with Crippen molar-refractivity contribution in [2.24, 2.45) is 0 Å². The van der Waals surface area contributed by atoms with E-state index in [-0.39, 0.29) is 6.61 Å². The minimum Gasteiger partial charge on any atom is -0.396 e. The highest BCUT2D eigenvalue weighted by Gasteiger charge is 2.09. The van der Waals surface area contributed by atoms with Crippen LogP contribution in [0.25, 0.3) is 22.3 Å². The Morgan fingerprint density at radius 1 is 1.20 bits per heavy atom. The fraction of sp³-hybridized carbons (Fsp3) is 0.250. The van der Waals surface area contributed by atoms with E-state index >= 15 is 0 Å². The Kier molecular flexibility index (Phi) is 3.24. The molecule has 102 valence electrons. The summed E-state index contributed by atoms with van der Waals surface area (Å²) >= 11 is 0. The maximum Gasteiger partial charge on any atom is 0.109 e. The first kappa shape index (κ1) is 12.8. The Labute approximate surface area is 117 Å². The lowest BCUT2D eigenvalue weighted by atomic mass is 10.0. The molecule has 2 heterocycles. The van der Waals surface area contributed by atoms with E-state index in [2.05, 4.69) is 29.0 Å². The second-order valence-corrected chi connectivity index (χ2v) is 5.03. The molecule has 2 N–H and O–H groups in total. The predicted molar refractivity (Wildman–Crippen MR) is 79.6 cm³/mol. The van der Waals surface area contributed by atoms with E-state index in [1.54, 1.807) is 6.33 Å². The van der Waals surface area contributed by atoms with Gasteiger partial charge in [0.25, 0.3) is 0 Å². The fourth-order valence-corrected chi connectivity index (χ4v) is 2.46. The number of benzene rings is 1. The highest BCUT2D eigenvalue weighted by molar-refractivity contribution is 5.85. The summed E-state index contributed by atoms with van der Waals surface area (Å²) in [5.41, 5.74) is 6.08. The summed E-state index contributed by atoms with van der Waals surface area (Å²) in [4.78, 5) is 12.1. The van der Waals surface area contributed by atoms with Crippen LogP contribution in [-0.4, -0.2) is 26.7 Å². The van der Waals surface area contributed by atoms with E-state index in [0.717, 1.165) is 33.5 Å². The standard InChI is InChI=1S/C16H17N3O/c1-10-7-15(16-11(2)17-9-18-16)19-14-4-3-12(5-6-20)8-13(10)14/h3-4,7-9,20H,5-6H2,1-2H3,(H,17,18). The smallest absolute Gasteiger partial charge is 0.109 e. The van der Waals surface area contributed by atoms with Gasteiger partial charge in [0, 0.05) is 17.7 Å². The Morgan fingerprint density at radius 2 is 2.05 bits per heavy atom. The molecule has 0 saturated carbocycles. The minimum absolute atomic E-state index is 0.169. The van der Waals surface area contributed by atoms with Gasteiger partial charge in [0.15, 0.2) is 0 Å². The number of rotatable bonds is 3. The summed E-state index contributed by atoms with van der Waals surface area (Å²) in [7, 11) is 0. The summed E-state index contributed by atoms with van der Waals surface area (Å²) in [6.45, 7) is 4.24. The third-order valence-corrected chi connectivity index (χ3v) is 3.55. The zero-order chi connectivity index (χ0) is 14.1. The molecule has 0 atom stereocenters. The fourth-order valence-electron chi connectivity index (χ4n) is 2.46. The van der Waals surface area contributed by atoms with E-state index in [0.29, 0.717) is 6.42 Å². The summed E-state index contributed by atoms with van der Waals surface area (Å²) < 4.78 is 0. The topological polar surface area (TPSA) is 61.8 Å².